The molecule has 2 amide bonds. The number of anilines is 1. The van der Waals surface area contributed by atoms with E-state index in [4.69, 9.17) is 0 Å². The number of amides is 2. The largest absolute Gasteiger partial charge is 0.418 e. The predicted octanol–water partition coefficient (Wildman–Crippen LogP) is 3.10. The van der Waals surface area contributed by atoms with Crippen molar-refractivity contribution in [3.05, 3.63) is 29.8 Å². The Balaban J connectivity index is 1.44. The van der Waals surface area contributed by atoms with Crippen LogP contribution in [0.3, 0.4) is 0 Å². The Labute approximate surface area is 181 Å². The standard InChI is InChI=1S/C22H31F3N4O2/c1-16(21(31)26-17-7-3-2-4-8-17)29-13-11-28(12-14-29)15-20(30)27-19-10-6-5-9-18(19)22(23,24)25/h5-6,9-10,16-17H,2-4,7-8,11-15H2,1H3,(H,26,31)(H,27,30). The summed E-state index contributed by atoms with van der Waals surface area (Å²) in [5.41, 5.74) is -1.09. The fourth-order valence-corrected chi connectivity index (χ4v) is 4.28. The highest BCUT2D eigenvalue weighted by Crippen LogP contribution is 2.34. The molecular weight excluding hydrogens is 409 g/mol. The Morgan fingerprint density at radius 2 is 1.71 bits per heavy atom. The molecule has 1 saturated carbocycles. The molecular formula is C22H31F3N4O2. The second-order valence-electron chi connectivity index (χ2n) is 8.42. The molecule has 0 spiro atoms. The lowest BCUT2D eigenvalue weighted by molar-refractivity contribution is -0.137. The van der Waals surface area contributed by atoms with Crippen LogP contribution in [0.15, 0.2) is 24.3 Å². The molecule has 1 aromatic rings. The van der Waals surface area contributed by atoms with Crippen molar-refractivity contribution in [3.63, 3.8) is 0 Å². The van der Waals surface area contributed by atoms with Crippen LogP contribution in [-0.2, 0) is 15.8 Å². The topological polar surface area (TPSA) is 64.7 Å². The minimum Gasteiger partial charge on any atom is -0.352 e. The summed E-state index contributed by atoms with van der Waals surface area (Å²) in [6, 6.07) is 5.00. The third-order valence-electron chi connectivity index (χ3n) is 6.16. The lowest BCUT2D eigenvalue weighted by Crippen LogP contribution is -2.55. The number of benzene rings is 1. The Morgan fingerprint density at radius 1 is 1.06 bits per heavy atom. The number of nitrogens with one attached hydrogen (secondary N) is 2. The Kier molecular flexibility index (Phi) is 7.94. The first kappa shape index (κ1) is 23.5. The number of para-hydroxylation sites is 1. The number of hydrogen-bond donors (Lipinski definition) is 2. The van der Waals surface area contributed by atoms with Crippen molar-refractivity contribution in [2.75, 3.05) is 38.0 Å². The number of carbonyl (C=O) groups excluding carboxylic acids is 2. The van der Waals surface area contributed by atoms with Crippen LogP contribution in [0.5, 0.6) is 0 Å². The van der Waals surface area contributed by atoms with Gasteiger partial charge in [-0.1, -0.05) is 31.4 Å². The van der Waals surface area contributed by atoms with Gasteiger partial charge in [0.2, 0.25) is 11.8 Å². The van der Waals surface area contributed by atoms with Crippen molar-refractivity contribution in [1.29, 1.82) is 0 Å². The summed E-state index contributed by atoms with van der Waals surface area (Å²) in [6.45, 7) is 4.33. The predicted molar refractivity (Wildman–Crippen MR) is 113 cm³/mol. The van der Waals surface area contributed by atoms with Gasteiger partial charge in [0.15, 0.2) is 0 Å². The maximum absolute atomic E-state index is 13.1. The van der Waals surface area contributed by atoms with Crippen LogP contribution in [0.1, 0.15) is 44.6 Å². The monoisotopic (exact) mass is 440 g/mol. The molecule has 1 heterocycles. The van der Waals surface area contributed by atoms with Gasteiger partial charge in [0.1, 0.15) is 0 Å². The van der Waals surface area contributed by atoms with Gasteiger partial charge in [0.05, 0.1) is 23.8 Å². The first-order valence-electron chi connectivity index (χ1n) is 11.0. The quantitative estimate of drug-likeness (QED) is 0.714. The molecule has 31 heavy (non-hydrogen) atoms. The van der Waals surface area contributed by atoms with E-state index in [1.54, 1.807) is 0 Å². The van der Waals surface area contributed by atoms with E-state index in [0.717, 1.165) is 31.7 Å². The van der Waals surface area contributed by atoms with Gasteiger partial charge >= 0.3 is 6.18 Å². The SMILES string of the molecule is CC(C(=O)NC1CCCCC1)N1CCN(CC(=O)Nc2ccccc2C(F)(F)F)CC1. The normalized spacial score (nSPS) is 20.3. The molecule has 1 atom stereocenters. The van der Waals surface area contributed by atoms with E-state index in [1.165, 1.54) is 24.6 Å². The van der Waals surface area contributed by atoms with Gasteiger partial charge in [0.25, 0.3) is 0 Å². The van der Waals surface area contributed by atoms with Gasteiger partial charge in [-0.05, 0) is 31.9 Å². The van der Waals surface area contributed by atoms with E-state index >= 15 is 0 Å². The molecule has 1 aliphatic carbocycles. The van der Waals surface area contributed by atoms with Crippen LogP contribution in [0.2, 0.25) is 0 Å². The summed E-state index contributed by atoms with van der Waals surface area (Å²) in [4.78, 5) is 28.9. The van der Waals surface area contributed by atoms with E-state index in [9.17, 15) is 22.8 Å². The lowest BCUT2D eigenvalue weighted by Gasteiger charge is -2.37. The molecule has 1 saturated heterocycles. The number of rotatable bonds is 6. The minimum atomic E-state index is -4.52. The second kappa shape index (κ2) is 10.5. The summed E-state index contributed by atoms with van der Waals surface area (Å²) in [7, 11) is 0. The zero-order chi connectivity index (χ0) is 22.4. The number of alkyl halides is 3. The maximum atomic E-state index is 13.1. The molecule has 1 aromatic carbocycles. The average molecular weight is 441 g/mol. The van der Waals surface area contributed by atoms with E-state index in [0.29, 0.717) is 26.2 Å². The molecule has 172 valence electrons. The highest BCUT2D eigenvalue weighted by Gasteiger charge is 2.34. The molecule has 2 N–H and O–H groups in total. The van der Waals surface area contributed by atoms with Crippen molar-refractivity contribution in [2.45, 2.75) is 57.3 Å². The van der Waals surface area contributed by atoms with Gasteiger partial charge in [-0.3, -0.25) is 19.4 Å². The highest BCUT2D eigenvalue weighted by molar-refractivity contribution is 5.93. The van der Waals surface area contributed by atoms with Crippen LogP contribution in [0, 0.1) is 0 Å². The Morgan fingerprint density at radius 3 is 2.35 bits per heavy atom. The molecule has 2 aliphatic rings. The van der Waals surface area contributed by atoms with Crippen LogP contribution in [0.25, 0.3) is 0 Å². The first-order valence-corrected chi connectivity index (χ1v) is 11.0. The third-order valence-corrected chi connectivity index (χ3v) is 6.16. The van der Waals surface area contributed by atoms with Crippen LogP contribution < -0.4 is 10.6 Å². The number of nitrogens with zero attached hydrogens (tertiary/aromatic N) is 2. The summed E-state index contributed by atoms with van der Waals surface area (Å²) in [5, 5.41) is 5.54. The van der Waals surface area contributed by atoms with Crippen molar-refractivity contribution in [3.8, 4) is 0 Å². The van der Waals surface area contributed by atoms with Gasteiger partial charge in [-0.25, -0.2) is 0 Å². The molecule has 9 heteroatoms. The molecule has 0 radical (unpaired) electrons. The summed E-state index contributed by atoms with van der Waals surface area (Å²) in [6.07, 6.45) is 1.11. The van der Waals surface area contributed by atoms with Crippen molar-refractivity contribution in [2.24, 2.45) is 0 Å². The first-order chi connectivity index (χ1) is 14.7. The van der Waals surface area contributed by atoms with Crippen LogP contribution in [-0.4, -0.2) is 66.4 Å². The molecule has 3 rings (SSSR count). The molecule has 0 aromatic heterocycles. The zero-order valence-corrected chi connectivity index (χ0v) is 17.9. The zero-order valence-electron chi connectivity index (χ0n) is 17.9. The maximum Gasteiger partial charge on any atom is 0.418 e. The van der Waals surface area contributed by atoms with Crippen molar-refractivity contribution >= 4 is 17.5 Å². The Bertz CT molecular complexity index is 757. The fraction of sp³-hybridized carbons (Fsp3) is 0.636. The van der Waals surface area contributed by atoms with Crippen LogP contribution in [0.4, 0.5) is 18.9 Å². The van der Waals surface area contributed by atoms with Crippen LogP contribution >= 0.6 is 0 Å². The summed E-state index contributed by atoms with van der Waals surface area (Å²) < 4.78 is 39.3. The molecule has 1 aliphatic heterocycles. The van der Waals surface area contributed by atoms with Gasteiger partial charge in [-0.15, -0.1) is 0 Å². The number of piperazine rings is 1. The second-order valence-corrected chi connectivity index (χ2v) is 8.42. The van der Waals surface area contributed by atoms with E-state index in [2.05, 4.69) is 15.5 Å². The molecule has 6 nitrogen and oxygen atoms in total. The summed E-state index contributed by atoms with van der Waals surface area (Å²) >= 11 is 0. The van der Waals surface area contributed by atoms with Gasteiger partial charge in [-0.2, -0.15) is 13.2 Å². The number of halogens is 3. The van der Waals surface area contributed by atoms with Gasteiger partial charge < -0.3 is 10.6 Å². The van der Waals surface area contributed by atoms with Crippen molar-refractivity contribution < 1.29 is 22.8 Å². The number of hydrogen-bond acceptors (Lipinski definition) is 4. The van der Waals surface area contributed by atoms with Gasteiger partial charge in [0, 0.05) is 32.2 Å². The third kappa shape index (κ3) is 6.67. The fourth-order valence-electron chi connectivity index (χ4n) is 4.28. The van der Waals surface area contributed by atoms with E-state index in [1.807, 2.05) is 11.8 Å². The summed E-state index contributed by atoms with van der Waals surface area (Å²) in [5.74, 6) is -0.435. The lowest BCUT2D eigenvalue weighted by atomic mass is 9.95. The van der Waals surface area contributed by atoms with E-state index < -0.39 is 17.6 Å². The van der Waals surface area contributed by atoms with E-state index in [-0.39, 0.29) is 30.2 Å². The minimum absolute atomic E-state index is 0.0166. The number of carbonyl (C=O) groups is 2. The Hall–Kier alpha value is -2.13. The molecule has 2 fully saturated rings. The molecule has 0 bridgehead atoms. The smallest absolute Gasteiger partial charge is 0.352 e. The average Bonchev–Trinajstić information content (AvgIpc) is 2.74. The molecule has 1 unspecified atom stereocenters. The van der Waals surface area contributed by atoms with Crippen molar-refractivity contribution in [1.82, 2.24) is 15.1 Å². The highest BCUT2D eigenvalue weighted by atomic mass is 19.4.